The highest BCUT2D eigenvalue weighted by molar-refractivity contribution is 5.62. The fourth-order valence-electron chi connectivity index (χ4n) is 2.71. The second kappa shape index (κ2) is 6.72. The Kier molecular flexibility index (Phi) is 4.10. The number of methoxy groups -OCH3 is 1. The van der Waals surface area contributed by atoms with Crippen molar-refractivity contribution in [2.75, 3.05) is 12.4 Å². The molecule has 0 bridgehead atoms. The molecule has 0 fully saturated rings. The topological polar surface area (TPSA) is 84.6 Å². The minimum atomic E-state index is -0.0216. The summed E-state index contributed by atoms with van der Waals surface area (Å²) in [4.78, 5) is 8.84. The van der Waals surface area contributed by atoms with Gasteiger partial charge >= 0.3 is 0 Å². The van der Waals surface area contributed by atoms with E-state index in [-0.39, 0.29) is 5.88 Å². The van der Waals surface area contributed by atoms with Crippen molar-refractivity contribution in [3.8, 4) is 22.9 Å². The molecule has 4 aromatic rings. The van der Waals surface area contributed by atoms with Crippen molar-refractivity contribution in [3.63, 3.8) is 0 Å². The maximum absolute atomic E-state index is 10.3. The van der Waals surface area contributed by atoms with Gasteiger partial charge in [0.05, 0.1) is 12.8 Å². The Morgan fingerprint density at radius 1 is 1.04 bits per heavy atom. The fourth-order valence-corrected chi connectivity index (χ4v) is 2.71. The molecule has 4 rings (SSSR count). The first kappa shape index (κ1) is 15.9. The van der Waals surface area contributed by atoms with Crippen LogP contribution in [0.1, 0.15) is 5.56 Å². The van der Waals surface area contributed by atoms with E-state index in [1.165, 1.54) is 4.52 Å². The number of benzene rings is 2. The van der Waals surface area contributed by atoms with Crippen LogP contribution in [0.3, 0.4) is 0 Å². The minimum Gasteiger partial charge on any atom is -0.496 e. The first-order valence-electron chi connectivity index (χ1n) is 8.12. The monoisotopic (exact) mass is 347 g/mol. The van der Waals surface area contributed by atoms with Crippen molar-refractivity contribution in [1.82, 2.24) is 19.6 Å². The Hall–Kier alpha value is -3.61. The third kappa shape index (κ3) is 3.02. The molecule has 7 nitrogen and oxygen atoms in total. The second-order valence-corrected chi connectivity index (χ2v) is 5.68. The molecule has 0 aliphatic heterocycles. The molecular weight excluding hydrogens is 330 g/mol. The summed E-state index contributed by atoms with van der Waals surface area (Å²) in [5.74, 6) is 1.47. The van der Waals surface area contributed by atoms with E-state index in [2.05, 4.69) is 20.4 Å². The molecule has 0 unspecified atom stereocenters. The van der Waals surface area contributed by atoms with Gasteiger partial charge in [-0.2, -0.15) is 9.50 Å². The third-order valence-corrected chi connectivity index (χ3v) is 3.99. The molecule has 2 aromatic heterocycles. The molecule has 0 radical (unpaired) electrons. The maximum atomic E-state index is 10.3. The van der Waals surface area contributed by atoms with Gasteiger partial charge in [0.25, 0.3) is 5.78 Å². The van der Waals surface area contributed by atoms with E-state index >= 15 is 0 Å². The van der Waals surface area contributed by atoms with E-state index in [0.717, 1.165) is 16.9 Å². The van der Waals surface area contributed by atoms with E-state index in [1.54, 1.807) is 13.2 Å². The van der Waals surface area contributed by atoms with Gasteiger partial charge in [-0.05, 0) is 6.07 Å². The van der Waals surface area contributed by atoms with Crippen LogP contribution in [0.2, 0.25) is 0 Å². The SMILES string of the molecule is COc1ccccc1CNc1nc2nc(-c3ccccc3)cc(O)n2n1. The van der Waals surface area contributed by atoms with Crippen LogP contribution >= 0.6 is 0 Å². The molecule has 26 heavy (non-hydrogen) atoms. The van der Waals surface area contributed by atoms with E-state index in [1.807, 2.05) is 54.6 Å². The molecule has 2 aromatic carbocycles. The number of nitrogens with one attached hydrogen (secondary N) is 1. The average molecular weight is 347 g/mol. The lowest BCUT2D eigenvalue weighted by atomic mass is 10.1. The molecular formula is C19H17N5O2. The van der Waals surface area contributed by atoms with Crippen molar-refractivity contribution >= 4 is 11.7 Å². The number of para-hydroxylation sites is 1. The highest BCUT2D eigenvalue weighted by Crippen LogP contribution is 2.23. The third-order valence-electron chi connectivity index (χ3n) is 3.99. The summed E-state index contributed by atoms with van der Waals surface area (Å²) in [5, 5.41) is 17.7. The van der Waals surface area contributed by atoms with Crippen LogP contribution in [0.15, 0.2) is 60.7 Å². The number of fused-ring (bicyclic) bond motifs is 1. The smallest absolute Gasteiger partial charge is 0.257 e. The molecule has 2 N–H and O–H groups in total. The quantitative estimate of drug-likeness (QED) is 0.577. The number of ether oxygens (including phenoxy) is 1. The lowest BCUT2D eigenvalue weighted by Gasteiger charge is -2.07. The summed E-state index contributed by atoms with van der Waals surface area (Å²) < 4.78 is 6.64. The van der Waals surface area contributed by atoms with Gasteiger partial charge in [0.2, 0.25) is 11.8 Å². The highest BCUT2D eigenvalue weighted by Gasteiger charge is 2.12. The Morgan fingerprint density at radius 2 is 1.81 bits per heavy atom. The van der Waals surface area contributed by atoms with Gasteiger partial charge in [0.1, 0.15) is 5.75 Å². The van der Waals surface area contributed by atoms with Crippen molar-refractivity contribution in [1.29, 1.82) is 0 Å². The largest absolute Gasteiger partial charge is 0.496 e. The molecule has 0 aliphatic carbocycles. The maximum Gasteiger partial charge on any atom is 0.257 e. The number of aromatic nitrogens is 4. The van der Waals surface area contributed by atoms with Crippen LogP contribution in [0.25, 0.3) is 17.0 Å². The van der Waals surface area contributed by atoms with Crippen molar-refractivity contribution in [2.45, 2.75) is 6.54 Å². The Labute approximate surface area is 149 Å². The Balaban J connectivity index is 1.62. The second-order valence-electron chi connectivity index (χ2n) is 5.68. The van der Waals surface area contributed by atoms with Gasteiger partial charge in [-0.1, -0.05) is 48.5 Å². The normalized spacial score (nSPS) is 10.8. The van der Waals surface area contributed by atoms with E-state index in [9.17, 15) is 5.11 Å². The molecule has 0 atom stereocenters. The number of nitrogens with zero attached hydrogens (tertiary/aromatic N) is 4. The van der Waals surface area contributed by atoms with Crippen molar-refractivity contribution < 1.29 is 9.84 Å². The van der Waals surface area contributed by atoms with E-state index < -0.39 is 0 Å². The summed E-state index contributed by atoms with van der Waals surface area (Å²) in [6, 6.07) is 18.9. The molecule has 2 heterocycles. The van der Waals surface area contributed by atoms with Gasteiger partial charge in [0.15, 0.2) is 0 Å². The van der Waals surface area contributed by atoms with Crippen molar-refractivity contribution in [2.24, 2.45) is 0 Å². The molecule has 0 saturated heterocycles. The first-order valence-corrected chi connectivity index (χ1v) is 8.12. The number of hydrogen-bond donors (Lipinski definition) is 2. The number of hydrogen-bond acceptors (Lipinski definition) is 6. The molecule has 0 spiro atoms. The average Bonchev–Trinajstić information content (AvgIpc) is 3.11. The van der Waals surface area contributed by atoms with Crippen LogP contribution in [0.4, 0.5) is 5.95 Å². The molecule has 0 saturated carbocycles. The summed E-state index contributed by atoms with van der Waals surface area (Å²) in [6.07, 6.45) is 0. The molecule has 130 valence electrons. The number of anilines is 1. The standard InChI is InChI=1S/C19H17N5O2/c1-26-16-10-6-5-9-14(16)12-20-18-22-19-21-15(11-17(25)24(19)23-18)13-7-3-2-4-8-13/h2-11,25H,12H2,1H3,(H,20,23). The number of rotatable bonds is 5. The van der Waals surface area contributed by atoms with Gasteiger partial charge in [-0.25, -0.2) is 4.98 Å². The highest BCUT2D eigenvalue weighted by atomic mass is 16.5. The Morgan fingerprint density at radius 3 is 2.62 bits per heavy atom. The first-order chi connectivity index (χ1) is 12.7. The molecule has 0 amide bonds. The fraction of sp³-hybridized carbons (Fsp3) is 0.105. The lowest BCUT2D eigenvalue weighted by Crippen LogP contribution is -2.03. The zero-order valence-electron chi connectivity index (χ0n) is 14.1. The van der Waals surface area contributed by atoms with Crippen LogP contribution in [0.5, 0.6) is 11.6 Å². The summed E-state index contributed by atoms with van der Waals surface area (Å²) >= 11 is 0. The van der Waals surface area contributed by atoms with Crippen LogP contribution in [-0.4, -0.2) is 31.8 Å². The minimum absolute atomic E-state index is 0.0216. The zero-order chi connectivity index (χ0) is 17.9. The van der Waals surface area contributed by atoms with Crippen molar-refractivity contribution in [3.05, 3.63) is 66.2 Å². The van der Waals surface area contributed by atoms with Gasteiger partial charge in [0, 0.05) is 23.7 Å². The lowest BCUT2D eigenvalue weighted by molar-refractivity contribution is 0.410. The molecule has 7 heteroatoms. The summed E-state index contributed by atoms with van der Waals surface area (Å²) in [5.41, 5.74) is 2.52. The predicted molar refractivity (Wildman–Crippen MR) is 98.2 cm³/mol. The van der Waals surface area contributed by atoms with E-state index in [4.69, 9.17) is 4.74 Å². The number of aromatic hydroxyl groups is 1. The predicted octanol–water partition coefficient (Wildman–Crippen LogP) is 3.12. The van der Waals surface area contributed by atoms with E-state index in [0.29, 0.717) is 24.0 Å². The molecule has 0 aliphatic rings. The van der Waals surface area contributed by atoms with Crippen LogP contribution < -0.4 is 10.1 Å². The van der Waals surface area contributed by atoms with Gasteiger partial charge < -0.3 is 15.2 Å². The van der Waals surface area contributed by atoms with Crippen LogP contribution in [0, 0.1) is 0 Å². The Bertz CT molecular complexity index is 1050. The summed E-state index contributed by atoms with van der Waals surface area (Å²) in [7, 11) is 1.63. The van der Waals surface area contributed by atoms with Gasteiger partial charge in [-0.15, -0.1) is 5.10 Å². The summed E-state index contributed by atoms with van der Waals surface area (Å²) in [6.45, 7) is 0.493. The zero-order valence-corrected chi connectivity index (χ0v) is 14.1. The van der Waals surface area contributed by atoms with Gasteiger partial charge in [-0.3, -0.25) is 0 Å². The van der Waals surface area contributed by atoms with Crippen LogP contribution in [-0.2, 0) is 6.54 Å².